The zero-order valence-corrected chi connectivity index (χ0v) is 21.0. The molecule has 0 radical (unpaired) electrons. The lowest BCUT2D eigenvalue weighted by Crippen LogP contribution is -2.35. The van der Waals surface area contributed by atoms with Crippen LogP contribution in [0.3, 0.4) is 0 Å². The number of methoxy groups -OCH3 is 1. The van der Waals surface area contributed by atoms with Crippen LogP contribution in [0.15, 0.2) is 46.3 Å². The van der Waals surface area contributed by atoms with E-state index in [2.05, 4.69) is 4.99 Å². The lowest BCUT2D eigenvalue weighted by molar-refractivity contribution is -0.141. The molecule has 2 heterocycles. The van der Waals surface area contributed by atoms with Crippen molar-refractivity contribution < 1.29 is 22.7 Å². The van der Waals surface area contributed by atoms with Gasteiger partial charge in [-0.05, 0) is 68.1 Å². The molecule has 2 aromatic carbocycles. The van der Waals surface area contributed by atoms with Crippen LogP contribution in [-0.4, -0.2) is 49.4 Å². The van der Waals surface area contributed by atoms with Gasteiger partial charge in [0.2, 0.25) is 10.0 Å². The number of aryl methyl sites for hydroxylation is 2. The Bertz CT molecular complexity index is 1410. The number of rotatable bonds is 5. The molecule has 3 aromatic rings. The Morgan fingerprint density at radius 3 is 2.38 bits per heavy atom. The molecule has 1 aromatic heterocycles. The molecular formula is C24H27N3O5S2. The van der Waals surface area contributed by atoms with E-state index in [1.807, 2.05) is 26.0 Å². The van der Waals surface area contributed by atoms with E-state index in [0.717, 1.165) is 40.6 Å². The first kappa shape index (κ1) is 24.3. The van der Waals surface area contributed by atoms with Crippen LogP contribution in [0.4, 0.5) is 0 Å². The normalized spacial score (nSPS) is 15.6. The van der Waals surface area contributed by atoms with Crippen LogP contribution >= 0.6 is 11.3 Å². The molecule has 180 valence electrons. The van der Waals surface area contributed by atoms with Crippen molar-refractivity contribution in [2.75, 3.05) is 20.2 Å². The van der Waals surface area contributed by atoms with Gasteiger partial charge in [-0.15, -0.1) is 0 Å². The highest BCUT2D eigenvalue weighted by molar-refractivity contribution is 7.89. The number of hydrogen-bond donors (Lipinski definition) is 0. The van der Waals surface area contributed by atoms with Gasteiger partial charge in [-0.3, -0.25) is 9.59 Å². The Hall–Kier alpha value is -2.82. The van der Waals surface area contributed by atoms with Gasteiger partial charge in [-0.2, -0.15) is 9.30 Å². The summed E-state index contributed by atoms with van der Waals surface area (Å²) in [4.78, 5) is 29.8. The lowest BCUT2D eigenvalue weighted by Gasteiger charge is -2.25. The van der Waals surface area contributed by atoms with Gasteiger partial charge >= 0.3 is 5.97 Å². The van der Waals surface area contributed by atoms with E-state index in [1.54, 1.807) is 4.57 Å². The summed E-state index contributed by atoms with van der Waals surface area (Å²) in [5.41, 5.74) is 3.14. The topological polar surface area (TPSA) is 98.0 Å². The van der Waals surface area contributed by atoms with Crippen molar-refractivity contribution in [1.82, 2.24) is 8.87 Å². The van der Waals surface area contributed by atoms with E-state index in [9.17, 15) is 18.0 Å². The van der Waals surface area contributed by atoms with Crippen LogP contribution < -0.4 is 4.80 Å². The molecule has 1 fully saturated rings. The Labute approximate surface area is 202 Å². The predicted molar refractivity (Wildman–Crippen MR) is 130 cm³/mol. The van der Waals surface area contributed by atoms with Crippen LogP contribution in [0, 0.1) is 13.8 Å². The third kappa shape index (κ3) is 4.84. The van der Waals surface area contributed by atoms with Crippen LogP contribution in [0.5, 0.6) is 0 Å². The standard InChI is InChI=1S/C24H27N3O5S2/c1-16-13-17(2)22-20(14-16)33-24(27(22)15-21(28)32-3)25-23(29)18-7-9-19(10-8-18)34(30,31)26-11-5-4-6-12-26/h7-10,13-14H,4-6,11-12,15H2,1-3H3. The third-order valence-corrected chi connectivity index (χ3v) is 8.82. The van der Waals surface area contributed by atoms with E-state index >= 15 is 0 Å². The zero-order chi connectivity index (χ0) is 24.5. The zero-order valence-electron chi connectivity index (χ0n) is 19.4. The first-order chi connectivity index (χ1) is 16.2. The van der Waals surface area contributed by atoms with E-state index < -0.39 is 21.9 Å². The summed E-state index contributed by atoms with van der Waals surface area (Å²) in [6.45, 7) is 4.90. The predicted octanol–water partition coefficient (Wildman–Crippen LogP) is 3.41. The minimum absolute atomic E-state index is 0.0699. The average Bonchev–Trinajstić information content (AvgIpc) is 3.16. The number of piperidine rings is 1. The number of nitrogens with zero attached hydrogens (tertiary/aromatic N) is 3. The van der Waals surface area contributed by atoms with E-state index in [-0.39, 0.29) is 17.0 Å². The number of fused-ring (bicyclic) bond motifs is 1. The molecular weight excluding hydrogens is 474 g/mol. The Kier molecular flexibility index (Phi) is 7.01. The summed E-state index contributed by atoms with van der Waals surface area (Å²) in [6, 6.07) is 9.87. The quantitative estimate of drug-likeness (QED) is 0.499. The first-order valence-corrected chi connectivity index (χ1v) is 13.3. The number of carbonyl (C=O) groups is 2. The molecule has 4 rings (SSSR count). The number of amides is 1. The number of esters is 1. The van der Waals surface area contributed by atoms with Gasteiger partial charge in [0.1, 0.15) is 6.54 Å². The van der Waals surface area contributed by atoms with Crippen LogP contribution in [0.25, 0.3) is 10.2 Å². The summed E-state index contributed by atoms with van der Waals surface area (Å²) in [5, 5.41) is 0. The number of benzene rings is 2. The first-order valence-electron chi connectivity index (χ1n) is 11.1. The molecule has 1 saturated heterocycles. The van der Waals surface area contributed by atoms with Gasteiger partial charge in [0, 0.05) is 18.7 Å². The molecule has 0 bridgehead atoms. The maximum absolute atomic E-state index is 13.0. The molecule has 0 N–H and O–H groups in total. The SMILES string of the molecule is COC(=O)Cn1c(=NC(=O)c2ccc(S(=O)(=O)N3CCCCC3)cc2)sc2cc(C)cc(C)c21. The summed E-state index contributed by atoms with van der Waals surface area (Å²) in [7, 11) is -2.26. The number of thiazole rings is 1. The van der Waals surface area contributed by atoms with Crippen LogP contribution in [0.1, 0.15) is 40.7 Å². The number of hydrogen-bond acceptors (Lipinski definition) is 6. The van der Waals surface area contributed by atoms with Gasteiger partial charge < -0.3 is 9.30 Å². The van der Waals surface area contributed by atoms with Gasteiger partial charge in [0.15, 0.2) is 4.80 Å². The summed E-state index contributed by atoms with van der Waals surface area (Å²) in [5.74, 6) is -0.956. The highest BCUT2D eigenvalue weighted by atomic mass is 32.2. The fourth-order valence-electron chi connectivity index (χ4n) is 4.19. The van der Waals surface area contributed by atoms with Crippen molar-refractivity contribution in [3.63, 3.8) is 0 Å². The number of aromatic nitrogens is 1. The van der Waals surface area contributed by atoms with Gasteiger partial charge in [-0.25, -0.2) is 8.42 Å². The summed E-state index contributed by atoms with van der Waals surface area (Å²) in [6.07, 6.45) is 2.75. The number of ether oxygens (including phenoxy) is 1. The molecule has 34 heavy (non-hydrogen) atoms. The van der Waals surface area contributed by atoms with Crippen molar-refractivity contribution >= 4 is 43.5 Å². The average molecular weight is 502 g/mol. The minimum atomic E-state index is -3.57. The fourth-order valence-corrected chi connectivity index (χ4v) is 6.91. The monoisotopic (exact) mass is 501 g/mol. The summed E-state index contributed by atoms with van der Waals surface area (Å²) < 4.78 is 34.7. The molecule has 0 spiro atoms. The van der Waals surface area contributed by atoms with Crippen LogP contribution in [-0.2, 0) is 26.1 Å². The fraction of sp³-hybridized carbons (Fsp3) is 0.375. The molecule has 1 amide bonds. The number of sulfonamides is 1. The van der Waals surface area contributed by atoms with Gasteiger partial charge in [0.25, 0.3) is 5.91 Å². The van der Waals surface area contributed by atoms with Gasteiger partial charge in [-0.1, -0.05) is 23.8 Å². The molecule has 1 aliphatic heterocycles. The number of carbonyl (C=O) groups excluding carboxylic acids is 2. The Morgan fingerprint density at radius 2 is 1.74 bits per heavy atom. The van der Waals surface area contributed by atoms with E-state index in [0.29, 0.717) is 17.9 Å². The second kappa shape index (κ2) is 9.81. The smallest absolute Gasteiger partial charge is 0.325 e. The maximum atomic E-state index is 13.0. The van der Waals surface area contributed by atoms with Crippen molar-refractivity contribution in [2.45, 2.75) is 44.6 Å². The third-order valence-electron chi connectivity index (χ3n) is 5.88. The van der Waals surface area contributed by atoms with Crippen molar-refractivity contribution in [3.05, 3.63) is 57.9 Å². The van der Waals surface area contributed by atoms with Gasteiger partial charge in [0.05, 0.1) is 22.2 Å². The largest absolute Gasteiger partial charge is 0.468 e. The molecule has 0 saturated carbocycles. The van der Waals surface area contributed by atoms with Crippen molar-refractivity contribution in [1.29, 1.82) is 0 Å². The van der Waals surface area contributed by atoms with E-state index in [1.165, 1.54) is 47.0 Å². The molecule has 0 unspecified atom stereocenters. The highest BCUT2D eigenvalue weighted by Crippen LogP contribution is 2.24. The lowest BCUT2D eigenvalue weighted by atomic mass is 10.1. The molecule has 1 aliphatic rings. The molecule has 10 heteroatoms. The maximum Gasteiger partial charge on any atom is 0.325 e. The Morgan fingerprint density at radius 1 is 1.06 bits per heavy atom. The second-order valence-corrected chi connectivity index (χ2v) is 11.3. The molecule has 0 aliphatic carbocycles. The van der Waals surface area contributed by atoms with Crippen molar-refractivity contribution in [2.24, 2.45) is 4.99 Å². The highest BCUT2D eigenvalue weighted by Gasteiger charge is 2.26. The molecule has 8 nitrogen and oxygen atoms in total. The Balaban J connectivity index is 1.70. The molecule has 0 atom stereocenters. The van der Waals surface area contributed by atoms with E-state index in [4.69, 9.17) is 4.74 Å². The van der Waals surface area contributed by atoms with Crippen molar-refractivity contribution in [3.8, 4) is 0 Å². The summed E-state index contributed by atoms with van der Waals surface area (Å²) >= 11 is 1.32. The van der Waals surface area contributed by atoms with Crippen LogP contribution in [0.2, 0.25) is 0 Å². The second-order valence-electron chi connectivity index (χ2n) is 8.38. The minimum Gasteiger partial charge on any atom is -0.468 e.